The molecule has 0 aromatic carbocycles. The maximum atomic E-state index is 5.87. The highest BCUT2D eigenvalue weighted by Crippen LogP contribution is 2.28. The number of hydrogen-bond donors (Lipinski definition) is 2. The van der Waals surface area contributed by atoms with Gasteiger partial charge in [-0.15, -0.1) is 0 Å². The van der Waals surface area contributed by atoms with Crippen LogP contribution in [-0.2, 0) is 0 Å². The first-order valence-electron chi connectivity index (χ1n) is 4.99. The van der Waals surface area contributed by atoms with Crippen LogP contribution < -0.4 is 16.4 Å². The van der Waals surface area contributed by atoms with E-state index in [0.717, 1.165) is 24.3 Å². The summed E-state index contributed by atoms with van der Waals surface area (Å²) in [6, 6.07) is 2.41. The van der Waals surface area contributed by atoms with E-state index in [9.17, 15) is 0 Å². The van der Waals surface area contributed by atoms with Gasteiger partial charge in [0, 0.05) is 25.3 Å². The molecule has 1 aliphatic heterocycles. The summed E-state index contributed by atoms with van der Waals surface area (Å²) in [5.41, 5.74) is 13.4. The normalized spacial score (nSPS) is 21.5. The molecule has 1 aromatic rings. The maximum Gasteiger partial charge on any atom is 0.0738 e. The van der Waals surface area contributed by atoms with Crippen LogP contribution in [0.1, 0.15) is 12.8 Å². The maximum absolute atomic E-state index is 5.87. The summed E-state index contributed by atoms with van der Waals surface area (Å²) in [6.45, 7) is 1.75. The lowest BCUT2D eigenvalue weighted by Gasteiger charge is -2.26. The first-order chi connectivity index (χ1) is 6.83. The Balaban J connectivity index is 2.26. The molecule has 0 spiro atoms. The molecule has 4 nitrogen and oxygen atoms in total. The lowest BCUT2D eigenvalue weighted by molar-refractivity contribution is 0.677. The highest BCUT2D eigenvalue weighted by molar-refractivity contribution is 5.66. The van der Waals surface area contributed by atoms with Crippen molar-refractivity contribution >= 4 is 11.4 Å². The van der Waals surface area contributed by atoms with Crippen LogP contribution in [0.2, 0.25) is 0 Å². The van der Waals surface area contributed by atoms with Gasteiger partial charge in [0.2, 0.25) is 0 Å². The molecule has 0 unspecified atom stereocenters. The number of rotatable bonds is 2. The predicted molar refractivity (Wildman–Crippen MR) is 58.1 cm³/mol. The Bertz CT molecular complexity index is 313. The van der Waals surface area contributed by atoms with Crippen molar-refractivity contribution in [1.82, 2.24) is 4.98 Å². The van der Waals surface area contributed by atoms with Crippen molar-refractivity contribution in [3.63, 3.8) is 0 Å². The topological polar surface area (TPSA) is 68.2 Å². The van der Waals surface area contributed by atoms with Gasteiger partial charge in [-0.2, -0.15) is 0 Å². The van der Waals surface area contributed by atoms with Crippen LogP contribution in [0, 0.1) is 0 Å². The van der Waals surface area contributed by atoms with E-state index in [1.165, 1.54) is 6.42 Å². The van der Waals surface area contributed by atoms with Gasteiger partial charge in [0.05, 0.1) is 17.6 Å². The number of anilines is 2. The van der Waals surface area contributed by atoms with Crippen molar-refractivity contribution in [1.29, 1.82) is 0 Å². The van der Waals surface area contributed by atoms with Crippen molar-refractivity contribution in [2.75, 3.05) is 23.7 Å². The SMILES string of the molecule is NC[C@H]1CCCN1c1ccncc1N. The van der Waals surface area contributed by atoms with Crippen LogP contribution in [-0.4, -0.2) is 24.1 Å². The fourth-order valence-electron chi connectivity index (χ4n) is 2.06. The van der Waals surface area contributed by atoms with Crippen LogP contribution in [0.3, 0.4) is 0 Å². The second-order valence-corrected chi connectivity index (χ2v) is 3.66. The highest BCUT2D eigenvalue weighted by Gasteiger charge is 2.24. The average Bonchev–Trinajstić information content (AvgIpc) is 2.66. The van der Waals surface area contributed by atoms with Gasteiger partial charge >= 0.3 is 0 Å². The largest absolute Gasteiger partial charge is 0.396 e. The van der Waals surface area contributed by atoms with E-state index in [1.807, 2.05) is 6.07 Å². The number of nitrogen functional groups attached to an aromatic ring is 1. The summed E-state index contributed by atoms with van der Waals surface area (Å²) in [6.07, 6.45) is 5.83. The zero-order valence-corrected chi connectivity index (χ0v) is 8.19. The monoisotopic (exact) mass is 192 g/mol. The van der Waals surface area contributed by atoms with Gasteiger partial charge < -0.3 is 16.4 Å². The van der Waals surface area contributed by atoms with E-state index >= 15 is 0 Å². The van der Waals surface area contributed by atoms with Gasteiger partial charge in [0.15, 0.2) is 0 Å². The number of nitrogens with zero attached hydrogens (tertiary/aromatic N) is 2. The predicted octanol–water partition coefficient (Wildman–Crippen LogP) is 0.591. The van der Waals surface area contributed by atoms with E-state index in [0.29, 0.717) is 12.6 Å². The molecule has 1 aromatic heterocycles. The number of nitrogens with two attached hydrogens (primary N) is 2. The first kappa shape index (κ1) is 9.27. The molecule has 0 bridgehead atoms. The van der Waals surface area contributed by atoms with Gasteiger partial charge in [-0.25, -0.2) is 0 Å². The zero-order chi connectivity index (χ0) is 9.97. The molecule has 76 valence electrons. The van der Waals surface area contributed by atoms with E-state index in [-0.39, 0.29) is 0 Å². The minimum Gasteiger partial charge on any atom is -0.396 e. The standard InChI is InChI=1S/C10H16N4/c11-6-8-2-1-5-14(8)10-3-4-13-7-9(10)12/h3-4,7-8H,1-2,5-6,11-12H2/t8-/m1/s1. The molecule has 1 aliphatic rings. The third-order valence-corrected chi connectivity index (χ3v) is 2.79. The van der Waals surface area contributed by atoms with E-state index in [2.05, 4.69) is 9.88 Å². The fourth-order valence-corrected chi connectivity index (χ4v) is 2.06. The molecule has 1 atom stereocenters. The third kappa shape index (κ3) is 1.53. The summed E-state index contributed by atoms with van der Waals surface area (Å²) < 4.78 is 0. The Morgan fingerprint density at radius 1 is 1.57 bits per heavy atom. The van der Waals surface area contributed by atoms with E-state index < -0.39 is 0 Å². The molecule has 0 aliphatic carbocycles. The Morgan fingerprint density at radius 2 is 2.43 bits per heavy atom. The zero-order valence-electron chi connectivity index (χ0n) is 8.19. The Kier molecular flexibility index (Phi) is 2.54. The van der Waals surface area contributed by atoms with E-state index in [1.54, 1.807) is 12.4 Å². The molecule has 0 saturated carbocycles. The van der Waals surface area contributed by atoms with Crippen molar-refractivity contribution in [2.24, 2.45) is 5.73 Å². The Morgan fingerprint density at radius 3 is 3.14 bits per heavy atom. The summed E-state index contributed by atoms with van der Waals surface area (Å²) in [7, 11) is 0. The minimum absolute atomic E-state index is 0.444. The van der Waals surface area contributed by atoms with Crippen LogP contribution in [0.15, 0.2) is 18.5 Å². The summed E-state index contributed by atoms with van der Waals surface area (Å²) in [5.74, 6) is 0. The van der Waals surface area contributed by atoms with Crippen LogP contribution in [0.5, 0.6) is 0 Å². The summed E-state index contributed by atoms with van der Waals surface area (Å²) in [4.78, 5) is 6.27. The second kappa shape index (κ2) is 3.84. The summed E-state index contributed by atoms with van der Waals surface area (Å²) in [5, 5.41) is 0. The smallest absolute Gasteiger partial charge is 0.0738 e. The molecular weight excluding hydrogens is 176 g/mol. The lowest BCUT2D eigenvalue weighted by Crippen LogP contribution is -2.35. The fraction of sp³-hybridized carbons (Fsp3) is 0.500. The van der Waals surface area contributed by atoms with Crippen LogP contribution >= 0.6 is 0 Å². The summed E-state index contributed by atoms with van der Waals surface area (Å²) >= 11 is 0. The van der Waals surface area contributed by atoms with Crippen molar-refractivity contribution in [3.8, 4) is 0 Å². The molecule has 2 rings (SSSR count). The second-order valence-electron chi connectivity index (χ2n) is 3.66. The van der Waals surface area contributed by atoms with E-state index in [4.69, 9.17) is 11.5 Å². The molecule has 0 radical (unpaired) electrons. The van der Waals surface area contributed by atoms with Crippen molar-refractivity contribution < 1.29 is 0 Å². The quantitative estimate of drug-likeness (QED) is 0.719. The first-order valence-corrected chi connectivity index (χ1v) is 4.99. The Hall–Kier alpha value is -1.29. The molecular formula is C10H16N4. The average molecular weight is 192 g/mol. The van der Waals surface area contributed by atoms with Gasteiger partial charge in [0.1, 0.15) is 0 Å². The highest BCUT2D eigenvalue weighted by atomic mass is 15.2. The Labute approximate surface area is 83.9 Å². The molecule has 4 heteroatoms. The molecule has 4 N–H and O–H groups in total. The van der Waals surface area contributed by atoms with Gasteiger partial charge in [0.25, 0.3) is 0 Å². The number of hydrogen-bond acceptors (Lipinski definition) is 4. The van der Waals surface area contributed by atoms with Gasteiger partial charge in [-0.05, 0) is 18.9 Å². The molecule has 2 heterocycles. The van der Waals surface area contributed by atoms with Crippen molar-refractivity contribution in [2.45, 2.75) is 18.9 Å². The molecule has 14 heavy (non-hydrogen) atoms. The molecule has 1 saturated heterocycles. The third-order valence-electron chi connectivity index (χ3n) is 2.79. The number of aromatic nitrogens is 1. The number of pyridine rings is 1. The molecule has 1 fully saturated rings. The van der Waals surface area contributed by atoms with Gasteiger partial charge in [-0.1, -0.05) is 0 Å². The molecule has 0 amide bonds. The minimum atomic E-state index is 0.444. The van der Waals surface area contributed by atoms with Crippen LogP contribution in [0.4, 0.5) is 11.4 Å². The van der Waals surface area contributed by atoms with Crippen LogP contribution in [0.25, 0.3) is 0 Å². The van der Waals surface area contributed by atoms with Crippen molar-refractivity contribution in [3.05, 3.63) is 18.5 Å². The lowest BCUT2D eigenvalue weighted by atomic mass is 10.2. The van der Waals surface area contributed by atoms with Gasteiger partial charge in [-0.3, -0.25) is 4.98 Å².